The predicted octanol–water partition coefficient (Wildman–Crippen LogP) is 8.06. The molecule has 70 heavy (non-hydrogen) atoms. The maximum Gasteiger partial charge on any atom is 0.339 e. The van der Waals surface area contributed by atoms with Crippen LogP contribution in [-0.2, 0) is 40.5 Å². The summed E-state index contributed by atoms with van der Waals surface area (Å²) in [7, 11) is -15.0. The van der Waals surface area contributed by atoms with Crippen LogP contribution < -0.4 is 47.5 Å². The molecule has 0 fully saturated rings. The Kier molecular flexibility index (Phi) is 14.8. The topological polar surface area (TPSA) is 274 Å². The van der Waals surface area contributed by atoms with Crippen molar-refractivity contribution in [1.82, 2.24) is 0 Å². The second kappa shape index (κ2) is 20.9. The van der Waals surface area contributed by atoms with Gasteiger partial charge < -0.3 is 47.5 Å². The van der Waals surface area contributed by atoms with Gasteiger partial charge in [-0.3, -0.25) is 0 Å². The molecule has 0 unspecified atom stereocenters. The third-order valence-corrected chi connectivity index (χ3v) is 14.3. The number of rotatable bonds is 18. The van der Waals surface area contributed by atoms with Gasteiger partial charge in [-0.25, -0.2) is 9.59 Å². The average Bonchev–Trinajstić information content (AvgIpc) is 3.31. The number of nitrogens with one attached hydrogen (secondary N) is 4. The van der Waals surface area contributed by atoms with Crippen LogP contribution in [0, 0.1) is 0 Å². The monoisotopic (exact) mass is 1030 g/mol. The minimum absolute atomic E-state index is 0.0803. The van der Waals surface area contributed by atoms with Crippen molar-refractivity contribution in [3.63, 3.8) is 0 Å². The molecule has 362 valence electrons. The average molecular weight is 1030 g/mol. The van der Waals surface area contributed by atoms with Crippen molar-refractivity contribution >= 4 is 75.3 Å². The maximum absolute atomic E-state index is 13.4. The summed E-state index contributed by atoms with van der Waals surface area (Å²) in [6.07, 6.45) is 0. The first-order valence-corrected chi connectivity index (χ1v) is 25.6. The van der Waals surface area contributed by atoms with Gasteiger partial charge in [-0.2, -0.15) is 33.7 Å². The van der Waals surface area contributed by atoms with E-state index < -0.39 is 62.3 Å². The van der Waals surface area contributed by atoms with Gasteiger partial charge in [0.2, 0.25) is 0 Å². The van der Waals surface area contributed by atoms with Crippen LogP contribution in [0.4, 0.5) is 32.3 Å². The standard InChI is InChI=1S/C46H38N4O16S4/c1-61-35-18-22-41(23-19-35)67(53,54)63-37-12-3-8-31(26-37)47-45(51)49-33-10-5-14-39(28-33)65-69(57,58)43-16-7-17-44(30-43)70(59,60)66-40-15-6-11-34(29-40)50-46(52)48-32-9-4-13-38(27-32)64-68(55,56)42-24-20-36(62-2)21-25-42/h3-30H,1-2H3,(H2,47,49,51)(H2,48,50,52). The summed E-state index contributed by atoms with van der Waals surface area (Å²) in [6.45, 7) is 0. The Morgan fingerprint density at radius 2 is 0.571 bits per heavy atom. The Morgan fingerprint density at radius 3 is 0.843 bits per heavy atom. The Labute approximate surface area is 402 Å². The molecule has 0 aliphatic rings. The lowest BCUT2D eigenvalue weighted by Gasteiger charge is -2.13. The van der Waals surface area contributed by atoms with E-state index in [9.17, 15) is 43.3 Å². The fraction of sp³-hybridized carbons (Fsp3) is 0.0435. The molecule has 24 heteroatoms. The van der Waals surface area contributed by atoms with E-state index in [1.165, 1.54) is 160 Å². The highest BCUT2D eigenvalue weighted by molar-refractivity contribution is 7.88. The highest BCUT2D eigenvalue weighted by Gasteiger charge is 2.24. The van der Waals surface area contributed by atoms with Crippen LogP contribution in [0.2, 0.25) is 0 Å². The molecule has 0 saturated heterocycles. The van der Waals surface area contributed by atoms with Crippen molar-refractivity contribution < 1.29 is 69.5 Å². The number of urea groups is 2. The van der Waals surface area contributed by atoms with Gasteiger partial charge in [-0.05, 0) is 115 Å². The number of hydrogen-bond donors (Lipinski definition) is 4. The van der Waals surface area contributed by atoms with Gasteiger partial charge in [0.1, 0.15) is 54.1 Å². The van der Waals surface area contributed by atoms with E-state index in [4.69, 9.17) is 26.2 Å². The molecule has 0 radical (unpaired) electrons. The van der Waals surface area contributed by atoms with Crippen molar-refractivity contribution in [3.8, 4) is 34.5 Å². The van der Waals surface area contributed by atoms with E-state index in [1.54, 1.807) is 0 Å². The van der Waals surface area contributed by atoms with Crippen molar-refractivity contribution in [2.75, 3.05) is 35.5 Å². The second-order valence-corrected chi connectivity index (χ2v) is 20.4. The summed E-state index contributed by atoms with van der Waals surface area (Å²) in [5.74, 6) is 0.188. The number of benzene rings is 7. The highest BCUT2D eigenvalue weighted by atomic mass is 32.2. The van der Waals surface area contributed by atoms with Crippen LogP contribution >= 0.6 is 0 Å². The zero-order valence-corrected chi connectivity index (χ0v) is 39.6. The molecule has 0 atom stereocenters. The third kappa shape index (κ3) is 13.0. The van der Waals surface area contributed by atoms with Crippen molar-refractivity contribution in [2.45, 2.75) is 19.6 Å². The van der Waals surface area contributed by atoms with Crippen LogP contribution in [0.5, 0.6) is 34.5 Å². The normalized spacial score (nSPS) is 11.6. The molecular formula is C46H38N4O16S4. The lowest BCUT2D eigenvalue weighted by molar-refractivity contribution is 0.261. The van der Waals surface area contributed by atoms with Gasteiger partial charge in [0, 0.05) is 47.0 Å². The van der Waals surface area contributed by atoms with E-state index in [-0.39, 0.29) is 55.5 Å². The largest absolute Gasteiger partial charge is 0.497 e. The molecule has 0 aromatic heterocycles. The minimum atomic E-state index is -4.69. The van der Waals surface area contributed by atoms with Gasteiger partial charge >= 0.3 is 52.5 Å². The van der Waals surface area contributed by atoms with E-state index >= 15 is 0 Å². The molecule has 0 aliphatic carbocycles. The first-order valence-electron chi connectivity index (χ1n) is 20.0. The number of anilines is 4. The van der Waals surface area contributed by atoms with Crippen LogP contribution in [0.25, 0.3) is 0 Å². The SMILES string of the molecule is COc1ccc(S(=O)(=O)Oc2cccc(NC(=O)Nc3cccc(OS(=O)(=O)c4cccc(S(=O)(=O)Oc5cccc(NC(=O)Nc6cccc(OS(=O)(=O)c7ccc(OC)cc7)c6)c5)c4)c3)c2)cc1. The van der Waals surface area contributed by atoms with Gasteiger partial charge in [-0.15, -0.1) is 0 Å². The molecule has 7 aromatic rings. The molecule has 7 rings (SSSR count). The fourth-order valence-corrected chi connectivity index (χ4v) is 9.92. The zero-order chi connectivity index (χ0) is 50.1. The molecule has 0 spiro atoms. The Morgan fingerprint density at radius 1 is 0.314 bits per heavy atom. The van der Waals surface area contributed by atoms with Crippen LogP contribution in [-0.4, -0.2) is 60.0 Å². The summed E-state index contributed by atoms with van der Waals surface area (Å²) < 4.78 is 136. The number of carbonyl (C=O) groups excluding carboxylic acids is 2. The summed E-state index contributed by atoms with van der Waals surface area (Å²) in [5.41, 5.74) is 0.459. The van der Waals surface area contributed by atoms with E-state index in [0.717, 1.165) is 24.3 Å². The number of hydrogen-bond acceptors (Lipinski definition) is 16. The quantitative estimate of drug-likeness (QED) is 0.0592. The van der Waals surface area contributed by atoms with E-state index in [1.807, 2.05) is 0 Å². The smallest absolute Gasteiger partial charge is 0.339 e. The van der Waals surface area contributed by atoms with E-state index in [2.05, 4.69) is 21.3 Å². The maximum atomic E-state index is 13.4. The molecule has 0 aliphatic heterocycles. The Balaban J connectivity index is 0.941. The van der Waals surface area contributed by atoms with Gasteiger partial charge in [-0.1, -0.05) is 30.3 Å². The summed E-state index contributed by atoms with van der Waals surface area (Å²) in [5, 5.41) is 10.1. The Bertz CT molecular complexity index is 3290. The molecular weight excluding hydrogens is 993 g/mol. The first-order chi connectivity index (χ1) is 33.3. The number of ether oxygens (including phenoxy) is 2. The zero-order valence-electron chi connectivity index (χ0n) is 36.3. The number of amides is 4. The predicted molar refractivity (Wildman–Crippen MR) is 255 cm³/mol. The molecule has 4 amide bonds. The van der Waals surface area contributed by atoms with Crippen LogP contribution in [0.15, 0.2) is 189 Å². The van der Waals surface area contributed by atoms with Gasteiger partial charge in [0.05, 0.1) is 14.2 Å². The minimum Gasteiger partial charge on any atom is -0.497 e. The first kappa shape index (κ1) is 49.6. The van der Waals surface area contributed by atoms with Gasteiger partial charge in [0.15, 0.2) is 0 Å². The molecule has 0 bridgehead atoms. The molecule has 4 N–H and O–H groups in total. The molecule has 0 saturated carbocycles. The second-order valence-electron chi connectivity index (χ2n) is 14.2. The number of methoxy groups -OCH3 is 2. The Hall–Kier alpha value is -8.32. The fourth-order valence-electron chi connectivity index (χ4n) is 6.06. The van der Waals surface area contributed by atoms with Crippen molar-refractivity contribution in [3.05, 3.63) is 170 Å². The van der Waals surface area contributed by atoms with Crippen molar-refractivity contribution in [1.29, 1.82) is 0 Å². The lowest BCUT2D eigenvalue weighted by Crippen LogP contribution is -2.19. The summed E-state index contributed by atoms with van der Waals surface area (Å²) in [4.78, 5) is 24.4. The third-order valence-electron chi connectivity index (χ3n) is 9.27. The summed E-state index contributed by atoms with van der Waals surface area (Å²) in [6, 6.07) is 35.3. The molecule has 0 heterocycles. The number of carbonyl (C=O) groups is 2. The highest BCUT2D eigenvalue weighted by Crippen LogP contribution is 2.29. The van der Waals surface area contributed by atoms with Crippen LogP contribution in [0.1, 0.15) is 0 Å². The van der Waals surface area contributed by atoms with Crippen molar-refractivity contribution in [2.24, 2.45) is 0 Å². The van der Waals surface area contributed by atoms with Gasteiger partial charge in [0.25, 0.3) is 0 Å². The van der Waals surface area contributed by atoms with E-state index in [0.29, 0.717) is 11.5 Å². The summed E-state index contributed by atoms with van der Waals surface area (Å²) >= 11 is 0. The molecule has 7 aromatic carbocycles. The lowest BCUT2D eigenvalue weighted by atomic mass is 10.3. The molecule has 20 nitrogen and oxygen atoms in total. The van der Waals surface area contributed by atoms with Crippen LogP contribution in [0.3, 0.4) is 0 Å².